The summed E-state index contributed by atoms with van der Waals surface area (Å²) in [6.07, 6.45) is 0. The molecular weight excluding hydrogens is 258 g/mol. The Morgan fingerprint density at radius 2 is 2.00 bits per heavy atom. The molecule has 0 aliphatic rings. The fourth-order valence-electron chi connectivity index (χ4n) is 1.63. The van der Waals surface area contributed by atoms with Gasteiger partial charge in [0.05, 0.1) is 23.4 Å². The molecule has 2 N–H and O–H groups in total. The number of aromatic nitrogens is 1. The monoisotopic (exact) mass is 265 g/mol. The number of hydrogen-bond acceptors (Lipinski definition) is 6. The second-order valence-corrected chi connectivity index (χ2v) is 4.58. The smallest absolute Gasteiger partial charge is 0.176 e. The average molecular weight is 265 g/mol. The van der Waals surface area contributed by atoms with Crippen LogP contribution in [-0.2, 0) is 0 Å². The quantitative estimate of drug-likeness (QED) is 0.896. The van der Waals surface area contributed by atoms with E-state index in [1.807, 2.05) is 23.6 Å². The van der Waals surface area contributed by atoms with Gasteiger partial charge in [-0.25, -0.2) is 4.98 Å². The number of nitriles is 3. The molecule has 2 aromatic rings. The molecule has 0 saturated heterocycles. The zero-order chi connectivity index (χ0) is 13.8. The normalized spacial score (nSPS) is 9.58. The van der Waals surface area contributed by atoms with E-state index in [1.54, 1.807) is 18.2 Å². The molecule has 5 nitrogen and oxygen atoms in total. The zero-order valence-corrected chi connectivity index (χ0v) is 10.5. The van der Waals surface area contributed by atoms with E-state index in [0.29, 0.717) is 5.56 Å². The third-order valence-corrected chi connectivity index (χ3v) is 3.42. The van der Waals surface area contributed by atoms with Crippen molar-refractivity contribution >= 4 is 17.2 Å². The Morgan fingerprint density at radius 1 is 1.26 bits per heavy atom. The van der Waals surface area contributed by atoms with Gasteiger partial charge in [0.1, 0.15) is 11.9 Å². The number of nitrogen functional groups attached to an aromatic ring is 1. The summed E-state index contributed by atoms with van der Waals surface area (Å²) >= 11 is 1.48. The third-order valence-electron chi connectivity index (χ3n) is 2.52. The van der Waals surface area contributed by atoms with Gasteiger partial charge < -0.3 is 5.73 Å². The van der Waals surface area contributed by atoms with Gasteiger partial charge in [-0.2, -0.15) is 15.8 Å². The number of thiophene rings is 1. The van der Waals surface area contributed by atoms with E-state index in [-0.39, 0.29) is 17.1 Å². The van der Waals surface area contributed by atoms with Crippen LogP contribution in [-0.4, -0.2) is 4.98 Å². The molecule has 0 aliphatic heterocycles. The summed E-state index contributed by atoms with van der Waals surface area (Å²) in [5.41, 5.74) is 6.81. The number of anilines is 1. The van der Waals surface area contributed by atoms with E-state index in [9.17, 15) is 0 Å². The van der Waals surface area contributed by atoms with Gasteiger partial charge in [-0.1, -0.05) is 6.07 Å². The maximum atomic E-state index is 9.12. The Morgan fingerprint density at radius 3 is 2.53 bits per heavy atom. The highest BCUT2D eigenvalue weighted by Gasteiger charge is 2.19. The van der Waals surface area contributed by atoms with Crippen molar-refractivity contribution in [3.05, 3.63) is 34.8 Å². The number of hydrogen-bond donors (Lipinski definition) is 1. The summed E-state index contributed by atoms with van der Waals surface area (Å²) in [5.74, 6) is -0.874. The lowest BCUT2D eigenvalue weighted by Crippen LogP contribution is -2.05. The standard InChI is InChI=1S/C13H7N5S/c14-5-8-4-10(11-2-1-3-19-11)13(17)18-12(8)9(6-15)7-16/h1-4,9H,(H2,17,18). The second kappa shape index (κ2) is 5.18. The van der Waals surface area contributed by atoms with Gasteiger partial charge in [0.2, 0.25) is 0 Å². The number of nitrogens with zero attached hydrogens (tertiary/aromatic N) is 4. The molecule has 0 radical (unpaired) electrons. The minimum Gasteiger partial charge on any atom is -0.383 e. The number of pyridine rings is 1. The Kier molecular flexibility index (Phi) is 3.43. The minimum absolute atomic E-state index is 0.116. The molecule has 0 saturated carbocycles. The van der Waals surface area contributed by atoms with Crippen LogP contribution in [0, 0.1) is 34.0 Å². The SMILES string of the molecule is N#Cc1cc(-c2cccs2)c(N)nc1C(C#N)C#N. The van der Waals surface area contributed by atoms with Gasteiger partial charge in [0, 0.05) is 10.4 Å². The lowest BCUT2D eigenvalue weighted by atomic mass is 10.0. The lowest BCUT2D eigenvalue weighted by Gasteiger charge is -2.08. The first-order chi connectivity index (χ1) is 9.21. The maximum Gasteiger partial charge on any atom is 0.176 e. The molecule has 2 rings (SSSR count). The zero-order valence-electron chi connectivity index (χ0n) is 9.66. The molecule has 2 heterocycles. The molecule has 0 atom stereocenters. The van der Waals surface area contributed by atoms with E-state index in [1.165, 1.54) is 11.3 Å². The Hall–Kier alpha value is -2.88. The molecule has 0 aliphatic carbocycles. The fraction of sp³-hybridized carbons (Fsp3) is 0.0769. The summed E-state index contributed by atoms with van der Waals surface area (Å²) in [6, 6.07) is 10.9. The first-order valence-electron chi connectivity index (χ1n) is 5.25. The number of rotatable bonds is 2. The lowest BCUT2D eigenvalue weighted by molar-refractivity contribution is 1.01. The Balaban J connectivity index is 2.64. The van der Waals surface area contributed by atoms with Crippen LogP contribution in [0.3, 0.4) is 0 Å². The molecule has 0 spiro atoms. The largest absolute Gasteiger partial charge is 0.383 e. The van der Waals surface area contributed by atoms with Crippen LogP contribution in [0.2, 0.25) is 0 Å². The highest BCUT2D eigenvalue weighted by molar-refractivity contribution is 7.13. The van der Waals surface area contributed by atoms with Gasteiger partial charge in [0.25, 0.3) is 0 Å². The van der Waals surface area contributed by atoms with Crippen LogP contribution < -0.4 is 5.73 Å². The van der Waals surface area contributed by atoms with Gasteiger partial charge in [-0.15, -0.1) is 11.3 Å². The van der Waals surface area contributed by atoms with Crippen molar-refractivity contribution in [2.45, 2.75) is 5.92 Å². The molecule has 2 aromatic heterocycles. The molecule has 90 valence electrons. The predicted octanol–water partition coefficient (Wildman–Crippen LogP) is 2.39. The van der Waals surface area contributed by atoms with Crippen LogP contribution in [0.15, 0.2) is 23.6 Å². The van der Waals surface area contributed by atoms with Crippen molar-refractivity contribution in [1.29, 1.82) is 15.8 Å². The highest BCUT2D eigenvalue weighted by atomic mass is 32.1. The van der Waals surface area contributed by atoms with E-state index < -0.39 is 5.92 Å². The number of nitrogens with two attached hydrogens (primary N) is 1. The minimum atomic E-state index is -1.09. The molecule has 0 aromatic carbocycles. The summed E-state index contributed by atoms with van der Waals surface area (Å²) < 4.78 is 0. The van der Waals surface area contributed by atoms with Crippen molar-refractivity contribution in [1.82, 2.24) is 4.98 Å². The van der Waals surface area contributed by atoms with Crippen LogP contribution in [0.4, 0.5) is 5.82 Å². The van der Waals surface area contributed by atoms with Crippen LogP contribution >= 0.6 is 11.3 Å². The average Bonchev–Trinajstić information content (AvgIpc) is 2.94. The molecule has 19 heavy (non-hydrogen) atoms. The fourth-order valence-corrected chi connectivity index (χ4v) is 2.38. The summed E-state index contributed by atoms with van der Waals surface area (Å²) in [4.78, 5) is 4.95. The van der Waals surface area contributed by atoms with Crippen molar-refractivity contribution in [2.75, 3.05) is 5.73 Å². The van der Waals surface area contributed by atoms with Crippen LogP contribution in [0.25, 0.3) is 10.4 Å². The summed E-state index contributed by atoms with van der Waals surface area (Å²) in [7, 11) is 0. The molecule has 0 amide bonds. The van der Waals surface area contributed by atoms with Crippen molar-refractivity contribution in [3.8, 4) is 28.6 Å². The first-order valence-corrected chi connectivity index (χ1v) is 6.12. The molecule has 6 heteroatoms. The van der Waals surface area contributed by atoms with Crippen LogP contribution in [0.1, 0.15) is 17.2 Å². The van der Waals surface area contributed by atoms with Gasteiger partial charge in [-0.3, -0.25) is 0 Å². The van der Waals surface area contributed by atoms with Crippen molar-refractivity contribution in [3.63, 3.8) is 0 Å². The molecule has 0 unspecified atom stereocenters. The van der Waals surface area contributed by atoms with E-state index in [0.717, 1.165) is 4.88 Å². The topological polar surface area (TPSA) is 110 Å². The maximum absolute atomic E-state index is 9.12. The predicted molar refractivity (Wildman–Crippen MR) is 70.6 cm³/mol. The Labute approximate surface area is 113 Å². The van der Waals surface area contributed by atoms with Crippen molar-refractivity contribution < 1.29 is 0 Å². The molecule has 0 bridgehead atoms. The summed E-state index contributed by atoms with van der Waals surface area (Å²) in [5, 5.41) is 28.8. The third kappa shape index (κ3) is 2.24. The van der Waals surface area contributed by atoms with E-state index in [2.05, 4.69) is 4.98 Å². The summed E-state index contributed by atoms with van der Waals surface area (Å²) in [6.45, 7) is 0. The van der Waals surface area contributed by atoms with Crippen molar-refractivity contribution in [2.24, 2.45) is 0 Å². The Bertz CT molecular complexity index is 714. The second-order valence-electron chi connectivity index (χ2n) is 3.63. The first kappa shape index (κ1) is 12.6. The van der Waals surface area contributed by atoms with Crippen LogP contribution in [0.5, 0.6) is 0 Å². The molecule has 0 fully saturated rings. The molecular formula is C13H7N5S. The van der Waals surface area contributed by atoms with E-state index in [4.69, 9.17) is 21.5 Å². The highest BCUT2D eigenvalue weighted by Crippen LogP contribution is 2.31. The van der Waals surface area contributed by atoms with Gasteiger partial charge in [0.15, 0.2) is 5.92 Å². The van der Waals surface area contributed by atoms with Gasteiger partial charge >= 0.3 is 0 Å². The van der Waals surface area contributed by atoms with E-state index >= 15 is 0 Å². The van der Waals surface area contributed by atoms with Gasteiger partial charge in [-0.05, 0) is 17.5 Å².